The summed E-state index contributed by atoms with van der Waals surface area (Å²) in [4.78, 5) is 12.6. The van der Waals surface area contributed by atoms with Gasteiger partial charge in [0.25, 0.3) is 0 Å². The lowest BCUT2D eigenvalue weighted by Gasteiger charge is -2.37. The van der Waals surface area contributed by atoms with Crippen molar-refractivity contribution in [2.75, 3.05) is 0 Å². The number of halogens is 2. The summed E-state index contributed by atoms with van der Waals surface area (Å²) in [5.74, 6) is -2.20. The zero-order valence-corrected chi connectivity index (χ0v) is 12.7. The molecule has 2 heterocycles. The first kappa shape index (κ1) is 14.8. The molecule has 2 bridgehead atoms. The topological polar surface area (TPSA) is 34.1 Å². The SMILES string of the molecule is Cc1c(C(=O)C2CC3CCCC(C2)S3=O)ccc(F)c1F. The number of hydrogen-bond donors (Lipinski definition) is 0. The van der Waals surface area contributed by atoms with Crippen molar-refractivity contribution < 1.29 is 17.8 Å². The van der Waals surface area contributed by atoms with Gasteiger partial charge in [-0.2, -0.15) is 0 Å². The van der Waals surface area contributed by atoms with Crippen LogP contribution in [0.5, 0.6) is 0 Å². The van der Waals surface area contributed by atoms with Gasteiger partial charge in [0.2, 0.25) is 0 Å². The Morgan fingerprint density at radius 3 is 2.43 bits per heavy atom. The molecule has 0 saturated carbocycles. The van der Waals surface area contributed by atoms with Crippen LogP contribution in [0.1, 0.15) is 48.0 Å². The molecule has 2 fully saturated rings. The molecule has 2 unspecified atom stereocenters. The van der Waals surface area contributed by atoms with Crippen molar-refractivity contribution in [2.45, 2.75) is 49.5 Å². The summed E-state index contributed by atoms with van der Waals surface area (Å²) in [5, 5.41) is 0.189. The Hall–Kier alpha value is -1.10. The van der Waals surface area contributed by atoms with Crippen LogP contribution >= 0.6 is 0 Å². The van der Waals surface area contributed by atoms with Gasteiger partial charge in [0.1, 0.15) is 0 Å². The lowest BCUT2D eigenvalue weighted by Crippen LogP contribution is -2.41. The maximum Gasteiger partial charge on any atom is 0.166 e. The molecule has 1 aromatic carbocycles. The van der Waals surface area contributed by atoms with E-state index in [1.165, 1.54) is 13.0 Å². The van der Waals surface area contributed by atoms with Crippen molar-refractivity contribution in [3.63, 3.8) is 0 Å². The molecule has 0 spiro atoms. The molecular weight excluding hydrogens is 294 g/mol. The second kappa shape index (κ2) is 5.59. The molecule has 2 saturated heterocycles. The van der Waals surface area contributed by atoms with Crippen molar-refractivity contribution in [3.8, 4) is 0 Å². The van der Waals surface area contributed by atoms with E-state index in [-0.39, 0.29) is 33.3 Å². The average Bonchev–Trinajstić information content (AvgIpc) is 2.44. The number of carbonyl (C=O) groups is 1. The zero-order valence-electron chi connectivity index (χ0n) is 11.9. The number of rotatable bonds is 2. The van der Waals surface area contributed by atoms with E-state index in [1.807, 2.05) is 0 Å². The van der Waals surface area contributed by atoms with E-state index in [1.54, 1.807) is 0 Å². The Labute approximate surface area is 125 Å². The molecule has 3 rings (SSSR count). The molecule has 114 valence electrons. The number of fused-ring (bicyclic) bond motifs is 2. The summed E-state index contributed by atoms with van der Waals surface area (Å²) < 4.78 is 39.0. The molecule has 21 heavy (non-hydrogen) atoms. The van der Waals surface area contributed by atoms with E-state index in [2.05, 4.69) is 0 Å². The van der Waals surface area contributed by atoms with Crippen molar-refractivity contribution in [2.24, 2.45) is 5.92 Å². The van der Waals surface area contributed by atoms with Gasteiger partial charge in [-0.15, -0.1) is 0 Å². The van der Waals surface area contributed by atoms with Gasteiger partial charge in [-0.05, 0) is 50.3 Å². The quantitative estimate of drug-likeness (QED) is 0.783. The Morgan fingerprint density at radius 2 is 1.81 bits per heavy atom. The van der Waals surface area contributed by atoms with Crippen LogP contribution in [0, 0.1) is 24.5 Å². The molecule has 0 aliphatic carbocycles. The Balaban J connectivity index is 1.86. The second-order valence-corrected chi connectivity index (χ2v) is 8.06. The van der Waals surface area contributed by atoms with Crippen LogP contribution in [0.4, 0.5) is 8.78 Å². The van der Waals surface area contributed by atoms with E-state index >= 15 is 0 Å². The summed E-state index contributed by atoms with van der Waals surface area (Å²) in [6.45, 7) is 1.44. The number of benzene rings is 1. The molecular formula is C16H18F2O2S. The molecule has 2 atom stereocenters. The summed E-state index contributed by atoms with van der Waals surface area (Å²) in [6, 6.07) is 2.38. The third-order valence-electron chi connectivity index (χ3n) is 4.78. The number of Topliss-reactive ketones (excluding diaryl/α,β-unsaturated/α-hetero) is 1. The standard InChI is InChI=1S/C16H18F2O2S/c1-9-13(5-6-14(17)15(9)18)16(19)10-7-11-3-2-4-12(8-10)21(11)20/h5-6,10-12H,2-4,7-8H2,1H3. The van der Waals surface area contributed by atoms with Gasteiger partial charge in [-0.25, -0.2) is 8.78 Å². The minimum Gasteiger partial charge on any atom is -0.294 e. The molecule has 5 heteroatoms. The highest BCUT2D eigenvalue weighted by Crippen LogP contribution is 2.38. The number of ketones is 1. The molecule has 2 aliphatic heterocycles. The van der Waals surface area contributed by atoms with Crippen molar-refractivity contribution in [1.29, 1.82) is 0 Å². The molecule has 2 aliphatic rings. The van der Waals surface area contributed by atoms with Gasteiger partial charge in [0, 0.05) is 32.8 Å². The fourth-order valence-corrected chi connectivity index (χ4v) is 5.77. The van der Waals surface area contributed by atoms with Crippen molar-refractivity contribution in [1.82, 2.24) is 0 Å². The van der Waals surface area contributed by atoms with Gasteiger partial charge in [-0.3, -0.25) is 9.00 Å². The van der Waals surface area contributed by atoms with Gasteiger partial charge in [0.15, 0.2) is 17.4 Å². The van der Waals surface area contributed by atoms with Gasteiger partial charge in [0.05, 0.1) is 0 Å². The first-order chi connectivity index (χ1) is 9.99. The fourth-order valence-electron chi connectivity index (χ4n) is 3.59. The maximum atomic E-state index is 13.6. The van der Waals surface area contributed by atoms with Gasteiger partial charge < -0.3 is 0 Å². The lowest BCUT2D eigenvalue weighted by atomic mass is 9.83. The first-order valence-corrected chi connectivity index (χ1v) is 8.65. The first-order valence-electron chi connectivity index (χ1n) is 7.37. The maximum absolute atomic E-state index is 13.6. The largest absolute Gasteiger partial charge is 0.294 e. The van der Waals surface area contributed by atoms with Crippen LogP contribution in [-0.4, -0.2) is 20.5 Å². The average molecular weight is 312 g/mol. The highest BCUT2D eigenvalue weighted by atomic mass is 32.2. The van der Waals surface area contributed by atoms with E-state index in [4.69, 9.17) is 0 Å². The molecule has 2 nitrogen and oxygen atoms in total. The minimum atomic E-state index is -0.944. The van der Waals surface area contributed by atoms with E-state index in [0.717, 1.165) is 25.3 Å². The third-order valence-corrected chi connectivity index (χ3v) is 6.95. The molecule has 0 radical (unpaired) electrons. The summed E-state index contributed by atoms with van der Waals surface area (Å²) in [7, 11) is -0.829. The third kappa shape index (κ3) is 2.56. The Kier molecular flexibility index (Phi) is 3.95. The molecule has 1 aromatic rings. The number of carbonyl (C=O) groups excluding carboxylic acids is 1. The highest BCUT2D eigenvalue weighted by Gasteiger charge is 2.40. The van der Waals surface area contributed by atoms with Crippen molar-refractivity contribution >= 4 is 16.6 Å². The summed E-state index contributed by atoms with van der Waals surface area (Å²) in [5.41, 5.74) is 0.349. The van der Waals surface area contributed by atoms with E-state index in [0.29, 0.717) is 12.8 Å². The Bertz CT molecular complexity index is 599. The smallest absolute Gasteiger partial charge is 0.166 e. The van der Waals surface area contributed by atoms with Crippen LogP contribution in [0.15, 0.2) is 12.1 Å². The predicted molar refractivity (Wildman–Crippen MR) is 77.7 cm³/mol. The fraction of sp³-hybridized carbons (Fsp3) is 0.562. The normalized spacial score (nSPS) is 32.0. The highest BCUT2D eigenvalue weighted by molar-refractivity contribution is 7.86. The predicted octanol–water partition coefficient (Wildman–Crippen LogP) is 3.54. The minimum absolute atomic E-state index is 0.0804. The summed E-state index contributed by atoms with van der Waals surface area (Å²) >= 11 is 0. The van der Waals surface area contributed by atoms with Crippen LogP contribution in [0.3, 0.4) is 0 Å². The van der Waals surface area contributed by atoms with Crippen LogP contribution < -0.4 is 0 Å². The summed E-state index contributed by atoms with van der Waals surface area (Å²) in [6.07, 6.45) is 4.11. The van der Waals surface area contributed by atoms with E-state index < -0.39 is 22.4 Å². The van der Waals surface area contributed by atoms with Crippen LogP contribution in [-0.2, 0) is 10.8 Å². The monoisotopic (exact) mass is 312 g/mol. The molecule has 0 aromatic heterocycles. The zero-order chi connectivity index (χ0) is 15.1. The van der Waals surface area contributed by atoms with E-state index in [9.17, 15) is 17.8 Å². The second-order valence-electron chi connectivity index (χ2n) is 6.07. The van der Waals surface area contributed by atoms with Crippen LogP contribution in [0.2, 0.25) is 0 Å². The van der Waals surface area contributed by atoms with Crippen molar-refractivity contribution in [3.05, 3.63) is 34.9 Å². The van der Waals surface area contributed by atoms with Crippen LogP contribution in [0.25, 0.3) is 0 Å². The number of hydrogen-bond acceptors (Lipinski definition) is 2. The Morgan fingerprint density at radius 1 is 1.19 bits per heavy atom. The van der Waals surface area contributed by atoms with Gasteiger partial charge >= 0.3 is 0 Å². The molecule has 0 amide bonds. The lowest BCUT2D eigenvalue weighted by molar-refractivity contribution is 0.0894. The molecule has 0 N–H and O–H groups in total. The van der Waals surface area contributed by atoms with Gasteiger partial charge in [-0.1, -0.05) is 6.42 Å².